The first-order valence-corrected chi connectivity index (χ1v) is 2.61. The predicted octanol–water partition coefficient (Wildman–Crippen LogP) is -1.22. The molecular formula is C4H9N5. The van der Waals surface area contributed by atoms with Crippen molar-refractivity contribution in [2.45, 2.75) is 6.54 Å². The van der Waals surface area contributed by atoms with Gasteiger partial charge in [-0.1, -0.05) is 0 Å². The summed E-state index contributed by atoms with van der Waals surface area (Å²) in [7, 11) is 1.87. The molecule has 50 valence electrons. The minimum atomic E-state index is 0.552. The van der Waals surface area contributed by atoms with Crippen molar-refractivity contribution in [3.8, 4) is 0 Å². The van der Waals surface area contributed by atoms with Crippen molar-refractivity contribution in [2.75, 3.05) is 0 Å². The minimum Gasteiger partial charge on any atom is -0.320 e. The highest BCUT2D eigenvalue weighted by molar-refractivity contribution is 4.81. The Labute approximate surface area is 52.8 Å². The van der Waals surface area contributed by atoms with Crippen molar-refractivity contribution in [3.05, 3.63) is 12.2 Å². The molecule has 0 bridgehead atoms. The highest BCUT2D eigenvalue weighted by Gasteiger charge is 1.95. The number of nitrogens with two attached hydrogens (primary N) is 1. The molecular weight excluding hydrogens is 118 g/mol. The number of rotatable bonds is 2. The van der Waals surface area contributed by atoms with Crippen LogP contribution in [0.15, 0.2) is 6.33 Å². The molecule has 1 aromatic rings. The fraction of sp³-hybridized carbons (Fsp3) is 0.500. The third-order valence-corrected chi connectivity index (χ3v) is 1.07. The van der Waals surface area contributed by atoms with E-state index < -0.39 is 0 Å². The summed E-state index contributed by atoms with van der Waals surface area (Å²) in [6, 6.07) is 0. The monoisotopic (exact) mass is 127 g/mol. The van der Waals surface area contributed by atoms with Gasteiger partial charge in [0.1, 0.15) is 12.2 Å². The van der Waals surface area contributed by atoms with Crippen LogP contribution >= 0.6 is 0 Å². The van der Waals surface area contributed by atoms with Gasteiger partial charge in [0.15, 0.2) is 0 Å². The Balaban J connectivity index is 2.69. The number of hydrogen-bond donors (Lipinski definition) is 2. The van der Waals surface area contributed by atoms with Crippen LogP contribution in [0.4, 0.5) is 0 Å². The molecule has 5 nitrogen and oxygen atoms in total. The van der Waals surface area contributed by atoms with Crippen molar-refractivity contribution >= 4 is 0 Å². The largest absolute Gasteiger partial charge is 0.320 e. The van der Waals surface area contributed by atoms with E-state index in [0.717, 1.165) is 5.82 Å². The first kappa shape index (κ1) is 6.18. The molecule has 0 atom stereocenters. The van der Waals surface area contributed by atoms with E-state index in [1.807, 2.05) is 7.05 Å². The second-order valence-corrected chi connectivity index (χ2v) is 1.74. The van der Waals surface area contributed by atoms with Gasteiger partial charge in [0.25, 0.3) is 0 Å². The molecule has 0 fully saturated rings. The summed E-state index contributed by atoms with van der Waals surface area (Å²) in [6.07, 6.45) is 1.63. The first-order valence-electron chi connectivity index (χ1n) is 2.61. The van der Waals surface area contributed by atoms with Gasteiger partial charge in [-0.05, 0) is 0 Å². The summed E-state index contributed by atoms with van der Waals surface area (Å²) in [5.41, 5.74) is 2.49. The van der Waals surface area contributed by atoms with E-state index in [1.54, 1.807) is 10.9 Å². The van der Waals surface area contributed by atoms with Gasteiger partial charge in [0, 0.05) is 7.05 Å². The maximum Gasteiger partial charge on any atom is 0.147 e. The molecule has 5 heteroatoms. The maximum atomic E-state index is 5.06. The zero-order valence-corrected chi connectivity index (χ0v) is 5.20. The lowest BCUT2D eigenvalue weighted by molar-refractivity contribution is 0.666. The molecule has 0 aliphatic rings. The molecule has 1 aromatic heterocycles. The predicted molar refractivity (Wildman–Crippen MR) is 32.0 cm³/mol. The summed E-state index contributed by atoms with van der Waals surface area (Å²) in [5.74, 6) is 5.89. The second-order valence-electron chi connectivity index (χ2n) is 1.74. The van der Waals surface area contributed by atoms with Crippen LogP contribution in [0.25, 0.3) is 0 Å². The van der Waals surface area contributed by atoms with Gasteiger partial charge < -0.3 is 4.57 Å². The van der Waals surface area contributed by atoms with E-state index in [1.165, 1.54) is 0 Å². The van der Waals surface area contributed by atoms with Gasteiger partial charge in [-0.15, -0.1) is 10.2 Å². The van der Waals surface area contributed by atoms with Crippen molar-refractivity contribution in [1.29, 1.82) is 0 Å². The molecule has 0 aliphatic carbocycles. The normalized spacial score (nSPS) is 10.0. The summed E-state index contributed by atoms with van der Waals surface area (Å²) >= 11 is 0. The number of aryl methyl sites for hydroxylation is 1. The Morgan fingerprint density at radius 1 is 1.89 bits per heavy atom. The summed E-state index contributed by atoms with van der Waals surface area (Å²) in [5, 5.41) is 7.43. The Bertz CT molecular complexity index is 181. The van der Waals surface area contributed by atoms with E-state index >= 15 is 0 Å². The summed E-state index contributed by atoms with van der Waals surface area (Å²) < 4.78 is 1.81. The lowest BCUT2D eigenvalue weighted by atomic mass is 10.6. The SMILES string of the molecule is Cn1cnnc1CNN. The van der Waals surface area contributed by atoms with Crippen molar-refractivity contribution < 1.29 is 0 Å². The van der Waals surface area contributed by atoms with Gasteiger partial charge in [0.05, 0.1) is 6.54 Å². The molecule has 0 saturated heterocycles. The smallest absolute Gasteiger partial charge is 0.147 e. The number of hydrogen-bond acceptors (Lipinski definition) is 4. The summed E-state index contributed by atoms with van der Waals surface area (Å²) in [6.45, 7) is 0.552. The molecule has 0 saturated carbocycles. The van der Waals surface area contributed by atoms with Gasteiger partial charge in [-0.2, -0.15) is 0 Å². The molecule has 0 radical (unpaired) electrons. The molecule has 0 aromatic carbocycles. The van der Waals surface area contributed by atoms with E-state index in [9.17, 15) is 0 Å². The zero-order valence-electron chi connectivity index (χ0n) is 5.20. The Kier molecular flexibility index (Phi) is 1.76. The maximum absolute atomic E-state index is 5.06. The third kappa shape index (κ3) is 1.24. The Morgan fingerprint density at radius 3 is 3.11 bits per heavy atom. The fourth-order valence-electron chi connectivity index (χ4n) is 0.558. The number of nitrogens with one attached hydrogen (secondary N) is 1. The van der Waals surface area contributed by atoms with Crippen molar-refractivity contribution in [3.63, 3.8) is 0 Å². The Morgan fingerprint density at radius 2 is 2.67 bits per heavy atom. The number of hydrazine groups is 1. The molecule has 0 amide bonds. The highest BCUT2D eigenvalue weighted by Crippen LogP contribution is 1.87. The van der Waals surface area contributed by atoms with E-state index in [0.29, 0.717) is 6.54 Å². The van der Waals surface area contributed by atoms with Crippen LogP contribution in [-0.2, 0) is 13.6 Å². The van der Waals surface area contributed by atoms with Crippen molar-refractivity contribution in [2.24, 2.45) is 12.9 Å². The van der Waals surface area contributed by atoms with Crippen LogP contribution in [0.5, 0.6) is 0 Å². The van der Waals surface area contributed by atoms with Crippen LogP contribution in [0.2, 0.25) is 0 Å². The van der Waals surface area contributed by atoms with Gasteiger partial charge in [-0.3, -0.25) is 11.3 Å². The molecule has 0 unspecified atom stereocenters. The van der Waals surface area contributed by atoms with E-state index in [-0.39, 0.29) is 0 Å². The lowest BCUT2D eigenvalue weighted by Crippen LogP contribution is -2.22. The number of nitrogens with zero attached hydrogens (tertiary/aromatic N) is 3. The third-order valence-electron chi connectivity index (χ3n) is 1.07. The van der Waals surface area contributed by atoms with Gasteiger partial charge >= 0.3 is 0 Å². The standard InChI is InChI=1S/C4H9N5/c1-9-3-7-8-4(9)2-6-5/h3,6H,2,5H2,1H3. The van der Waals surface area contributed by atoms with Gasteiger partial charge in [0.2, 0.25) is 0 Å². The molecule has 9 heavy (non-hydrogen) atoms. The van der Waals surface area contributed by atoms with Crippen LogP contribution in [-0.4, -0.2) is 14.8 Å². The topological polar surface area (TPSA) is 68.8 Å². The van der Waals surface area contributed by atoms with E-state index in [4.69, 9.17) is 5.84 Å². The molecule has 1 heterocycles. The van der Waals surface area contributed by atoms with Crippen LogP contribution in [0.3, 0.4) is 0 Å². The van der Waals surface area contributed by atoms with Crippen molar-refractivity contribution in [1.82, 2.24) is 20.2 Å². The molecule has 3 N–H and O–H groups in total. The van der Waals surface area contributed by atoms with Crippen LogP contribution in [0.1, 0.15) is 5.82 Å². The molecule has 1 rings (SSSR count). The lowest BCUT2D eigenvalue weighted by Gasteiger charge is -1.95. The minimum absolute atomic E-state index is 0.552. The van der Waals surface area contributed by atoms with Gasteiger partial charge in [-0.25, -0.2) is 0 Å². The summed E-state index contributed by atoms with van der Waals surface area (Å²) in [4.78, 5) is 0. The fourth-order valence-corrected chi connectivity index (χ4v) is 0.558. The van der Waals surface area contributed by atoms with Crippen LogP contribution in [0, 0.1) is 0 Å². The van der Waals surface area contributed by atoms with Crippen LogP contribution < -0.4 is 11.3 Å². The first-order chi connectivity index (χ1) is 4.34. The number of aromatic nitrogens is 3. The highest BCUT2D eigenvalue weighted by atomic mass is 15.3. The quantitative estimate of drug-likeness (QED) is 0.386. The average Bonchev–Trinajstić information content (AvgIpc) is 2.18. The molecule has 0 aliphatic heterocycles. The zero-order chi connectivity index (χ0) is 6.69. The Hall–Kier alpha value is -0.940. The second kappa shape index (κ2) is 2.56. The molecule has 0 spiro atoms. The van der Waals surface area contributed by atoms with E-state index in [2.05, 4.69) is 15.6 Å². The average molecular weight is 127 g/mol.